The Morgan fingerprint density at radius 3 is 1.76 bits per heavy atom. The molecule has 0 aromatic heterocycles. The van der Waals surface area contributed by atoms with Crippen LogP contribution >= 0.6 is 15.9 Å². The lowest BCUT2D eigenvalue weighted by molar-refractivity contribution is -0.145. The molecule has 3 nitrogen and oxygen atoms in total. The molecule has 0 N–H and O–H groups in total. The van der Waals surface area contributed by atoms with Crippen LogP contribution in [0.15, 0.2) is 109 Å². The van der Waals surface area contributed by atoms with Gasteiger partial charge in [0.05, 0.1) is 0 Å². The number of aldehydes is 1. The third kappa shape index (κ3) is 3.69. The van der Waals surface area contributed by atoms with E-state index >= 15 is 0 Å². The van der Waals surface area contributed by atoms with Crippen molar-refractivity contribution in [3.05, 3.63) is 137 Å². The van der Waals surface area contributed by atoms with E-state index in [4.69, 9.17) is 4.84 Å². The van der Waals surface area contributed by atoms with Crippen LogP contribution in [0, 0.1) is 0 Å². The number of carbonyl (C=O) groups is 1. The van der Waals surface area contributed by atoms with Crippen LogP contribution in [0.4, 0.5) is 0 Å². The molecule has 164 valence electrons. The lowest BCUT2D eigenvalue weighted by atomic mass is 9.76. The highest BCUT2D eigenvalue weighted by molar-refractivity contribution is 9.09. The number of hydroxylamine groups is 2. The van der Waals surface area contributed by atoms with E-state index in [-0.39, 0.29) is 0 Å². The molecule has 4 aromatic carbocycles. The lowest BCUT2D eigenvalue weighted by Gasteiger charge is -2.43. The molecule has 0 aliphatic carbocycles. The summed E-state index contributed by atoms with van der Waals surface area (Å²) in [6.45, 7) is 0. The first-order chi connectivity index (χ1) is 16.3. The Morgan fingerprint density at radius 2 is 1.30 bits per heavy atom. The van der Waals surface area contributed by atoms with Gasteiger partial charge in [0.1, 0.15) is 17.9 Å². The zero-order chi connectivity index (χ0) is 22.7. The van der Waals surface area contributed by atoms with Gasteiger partial charge in [0.25, 0.3) is 0 Å². The SMILES string of the molecule is O=CC1c2ccc(CCBr)cc2ON1C(c1ccccc1)(c1ccccc1)c1ccccc1. The molecule has 4 heteroatoms. The Labute approximate surface area is 202 Å². The lowest BCUT2D eigenvalue weighted by Crippen LogP contribution is -2.49. The first-order valence-corrected chi connectivity index (χ1v) is 12.2. The predicted molar refractivity (Wildman–Crippen MR) is 134 cm³/mol. The first kappa shape index (κ1) is 21.6. The van der Waals surface area contributed by atoms with E-state index in [1.165, 1.54) is 5.56 Å². The number of hydrogen-bond acceptors (Lipinski definition) is 3. The summed E-state index contributed by atoms with van der Waals surface area (Å²) >= 11 is 3.52. The molecule has 1 aliphatic heterocycles. The van der Waals surface area contributed by atoms with Crippen LogP contribution in [0.25, 0.3) is 0 Å². The third-order valence-electron chi connectivity index (χ3n) is 6.26. The summed E-state index contributed by atoms with van der Waals surface area (Å²) in [5.74, 6) is 0.734. The maximum absolute atomic E-state index is 12.6. The monoisotopic (exact) mass is 497 g/mol. The Bertz CT molecular complexity index is 1130. The van der Waals surface area contributed by atoms with Gasteiger partial charge in [-0.2, -0.15) is 0 Å². The van der Waals surface area contributed by atoms with Crippen molar-refractivity contribution in [3.8, 4) is 5.75 Å². The standard InChI is InChI=1S/C29H24BrNO2/c30-19-18-22-16-17-26-27(21-32)31(33-28(26)20-22)29(23-10-4-1-5-11-23,24-12-6-2-7-13-24)25-14-8-3-9-15-25/h1-17,20-21,27H,18-19H2. The Balaban J connectivity index is 1.78. The largest absolute Gasteiger partial charge is 0.403 e. The number of benzene rings is 4. The van der Waals surface area contributed by atoms with Crippen LogP contribution in [-0.2, 0) is 16.8 Å². The van der Waals surface area contributed by atoms with Crippen LogP contribution in [0.5, 0.6) is 5.75 Å². The fourth-order valence-electron chi connectivity index (χ4n) is 4.78. The van der Waals surface area contributed by atoms with Crippen molar-refractivity contribution in [2.24, 2.45) is 0 Å². The van der Waals surface area contributed by atoms with Gasteiger partial charge in [0.2, 0.25) is 0 Å². The van der Waals surface area contributed by atoms with E-state index in [1.807, 2.05) is 65.7 Å². The zero-order valence-electron chi connectivity index (χ0n) is 18.1. The molecule has 0 bridgehead atoms. The summed E-state index contributed by atoms with van der Waals surface area (Å²) in [4.78, 5) is 19.2. The number of fused-ring (bicyclic) bond motifs is 1. The maximum atomic E-state index is 12.6. The minimum Gasteiger partial charge on any atom is -0.403 e. The number of carbonyl (C=O) groups excluding carboxylic acids is 1. The van der Waals surface area contributed by atoms with Crippen molar-refractivity contribution < 1.29 is 9.63 Å². The van der Waals surface area contributed by atoms with E-state index < -0.39 is 11.6 Å². The molecule has 0 fully saturated rings. The van der Waals surface area contributed by atoms with E-state index in [0.29, 0.717) is 0 Å². The van der Waals surface area contributed by atoms with Crippen molar-refractivity contribution >= 4 is 22.2 Å². The van der Waals surface area contributed by atoms with Gasteiger partial charge in [0, 0.05) is 10.9 Å². The summed E-state index contributed by atoms with van der Waals surface area (Å²) in [6, 6.07) is 36.4. The van der Waals surface area contributed by atoms with Crippen molar-refractivity contribution in [2.45, 2.75) is 18.0 Å². The Kier molecular flexibility index (Phi) is 6.12. The maximum Gasteiger partial charge on any atom is 0.153 e. The molecular weight excluding hydrogens is 474 g/mol. The number of hydrogen-bond donors (Lipinski definition) is 0. The number of nitrogens with zero attached hydrogens (tertiary/aromatic N) is 1. The molecule has 0 saturated carbocycles. The van der Waals surface area contributed by atoms with Crippen LogP contribution in [0.2, 0.25) is 0 Å². The van der Waals surface area contributed by atoms with E-state index in [1.54, 1.807) is 0 Å². The predicted octanol–water partition coefficient (Wildman–Crippen LogP) is 6.47. The molecule has 1 unspecified atom stereocenters. The second-order valence-corrected chi connectivity index (χ2v) is 8.91. The van der Waals surface area contributed by atoms with Gasteiger partial charge in [-0.05, 0) is 34.7 Å². The molecule has 1 atom stereocenters. The van der Waals surface area contributed by atoms with Crippen LogP contribution < -0.4 is 4.84 Å². The summed E-state index contributed by atoms with van der Waals surface area (Å²) < 4.78 is 0. The van der Waals surface area contributed by atoms with Gasteiger partial charge in [-0.1, -0.05) is 119 Å². The number of alkyl halides is 1. The smallest absolute Gasteiger partial charge is 0.153 e. The van der Waals surface area contributed by atoms with Gasteiger partial charge in [0.15, 0.2) is 5.75 Å². The second-order valence-electron chi connectivity index (χ2n) is 8.12. The minimum absolute atomic E-state index is 0.557. The van der Waals surface area contributed by atoms with Gasteiger partial charge < -0.3 is 9.63 Å². The van der Waals surface area contributed by atoms with Gasteiger partial charge >= 0.3 is 0 Å². The topological polar surface area (TPSA) is 29.5 Å². The van der Waals surface area contributed by atoms with Crippen molar-refractivity contribution in [2.75, 3.05) is 5.33 Å². The molecule has 0 saturated heterocycles. The second kappa shape index (κ2) is 9.34. The average molecular weight is 498 g/mol. The Hall–Kier alpha value is -3.21. The molecule has 33 heavy (non-hydrogen) atoms. The Morgan fingerprint density at radius 1 is 0.788 bits per heavy atom. The van der Waals surface area contributed by atoms with Crippen LogP contribution in [-0.4, -0.2) is 16.7 Å². The fraction of sp³-hybridized carbons (Fsp3) is 0.138. The van der Waals surface area contributed by atoms with Gasteiger partial charge in [-0.25, -0.2) is 0 Å². The molecule has 1 heterocycles. The van der Waals surface area contributed by atoms with E-state index in [2.05, 4.69) is 64.5 Å². The van der Waals surface area contributed by atoms with Crippen molar-refractivity contribution in [3.63, 3.8) is 0 Å². The molecular formula is C29H24BrNO2. The molecule has 0 amide bonds. The average Bonchev–Trinajstić information content (AvgIpc) is 3.25. The van der Waals surface area contributed by atoms with E-state index in [9.17, 15) is 4.79 Å². The molecule has 5 rings (SSSR count). The number of rotatable bonds is 7. The first-order valence-electron chi connectivity index (χ1n) is 11.1. The molecule has 4 aromatic rings. The van der Waals surface area contributed by atoms with Crippen LogP contribution in [0.3, 0.4) is 0 Å². The van der Waals surface area contributed by atoms with Crippen molar-refractivity contribution in [1.29, 1.82) is 0 Å². The summed E-state index contributed by atoms with van der Waals surface area (Å²) in [7, 11) is 0. The molecule has 0 spiro atoms. The van der Waals surface area contributed by atoms with Crippen LogP contribution in [0.1, 0.15) is 33.9 Å². The highest BCUT2D eigenvalue weighted by atomic mass is 79.9. The van der Waals surface area contributed by atoms with Crippen molar-refractivity contribution in [1.82, 2.24) is 5.06 Å². The van der Waals surface area contributed by atoms with Gasteiger partial charge in [-0.15, -0.1) is 5.06 Å². The minimum atomic E-state index is -0.829. The highest BCUT2D eigenvalue weighted by Crippen LogP contribution is 2.50. The summed E-state index contributed by atoms with van der Waals surface area (Å²) in [5, 5.41) is 2.75. The zero-order valence-corrected chi connectivity index (χ0v) is 19.7. The molecule has 1 aliphatic rings. The summed E-state index contributed by atoms with van der Waals surface area (Å²) in [5.41, 5.74) is 4.31. The molecule has 0 radical (unpaired) electrons. The highest BCUT2D eigenvalue weighted by Gasteiger charge is 2.51. The number of aryl methyl sites for hydroxylation is 1. The normalized spacial score (nSPS) is 15.6. The fourth-order valence-corrected chi connectivity index (χ4v) is 5.24. The van der Waals surface area contributed by atoms with E-state index in [0.717, 1.165) is 46.0 Å². The quantitative estimate of drug-likeness (QED) is 0.166. The summed E-state index contributed by atoms with van der Waals surface area (Å²) in [6.07, 6.45) is 1.88. The van der Waals surface area contributed by atoms with Gasteiger partial charge in [-0.3, -0.25) is 0 Å². The third-order valence-corrected chi connectivity index (χ3v) is 6.66. The number of halogens is 1.